The normalized spacial score (nSPS) is 23.2. The molecule has 0 aromatic heterocycles. The van der Waals surface area contributed by atoms with Gasteiger partial charge in [-0.15, -0.1) is 0 Å². The van der Waals surface area contributed by atoms with E-state index in [2.05, 4.69) is 22.6 Å². The maximum absolute atomic E-state index is 12.5. The van der Waals surface area contributed by atoms with Crippen molar-refractivity contribution < 1.29 is 10.0 Å². The summed E-state index contributed by atoms with van der Waals surface area (Å²) in [4.78, 5) is 12.5. The Morgan fingerprint density at radius 2 is 2.10 bits per heavy atom. The highest BCUT2D eigenvalue weighted by atomic mass is 16.4. The molecule has 3 rings (SSSR count). The molecule has 0 aliphatic heterocycles. The first-order valence-electron chi connectivity index (χ1n) is 7.51. The number of amidine groups is 1. The number of fused-ring (bicyclic) bond motifs is 1. The van der Waals surface area contributed by atoms with Gasteiger partial charge in [-0.3, -0.25) is 4.79 Å². The van der Waals surface area contributed by atoms with Crippen LogP contribution in [0.5, 0.6) is 0 Å². The number of benzene rings is 1. The number of carbonyl (C=O) groups is 1. The van der Waals surface area contributed by atoms with Crippen LogP contribution >= 0.6 is 0 Å². The average Bonchev–Trinajstić information content (AvgIpc) is 2.98. The Labute approximate surface area is 124 Å². The number of nitrogens with zero attached hydrogens (tertiary/aromatic N) is 1. The monoisotopic (exact) mass is 287 g/mol. The van der Waals surface area contributed by atoms with E-state index in [4.69, 9.17) is 10.9 Å². The van der Waals surface area contributed by atoms with E-state index in [9.17, 15) is 4.79 Å². The van der Waals surface area contributed by atoms with E-state index in [1.807, 2.05) is 12.1 Å². The molecular formula is C16H21N3O2. The van der Waals surface area contributed by atoms with Crippen LogP contribution in [0.4, 0.5) is 0 Å². The highest BCUT2D eigenvalue weighted by Gasteiger charge is 2.45. The van der Waals surface area contributed by atoms with Crippen molar-refractivity contribution in [1.29, 1.82) is 0 Å². The second-order valence-electron chi connectivity index (χ2n) is 6.08. The van der Waals surface area contributed by atoms with Gasteiger partial charge in [0.05, 0.1) is 0 Å². The molecule has 5 nitrogen and oxygen atoms in total. The molecule has 21 heavy (non-hydrogen) atoms. The third-order valence-corrected chi connectivity index (χ3v) is 4.96. The zero-order valence-electron chi connectivity index (χ0n) is 12.0. The number of rotatable bonds is 4. The van der Waals surface area contributed by atoms with Crippen LogP contribution in [-0.2, 0) is 11.2 Å². The third-order valence-electron chi connectivity index (χ3n) is 4.96. The van der Waals surface area contributed by atoms with Crippen LogP contribution in [0, 0.1) is 5.41 Å². The molecule has 4 N–H and O–H groups in total. The van der Waals surface area contributed by atoms with E-state index in [1.165, 1.54) is 11.1 Å². The Morgan fingerprint density at radius 3 is 2.76 bits per heavy atom. The summed E-state index contributed by atoms with van der Waals surface area (Å²) in [7, 11) is 0. The van der Waals surface area contributed by atoms with Crippen molar-refractivity contribution in [2.75, 3.05) is 6.54 Å². The predicted octanol–water partition coefficient (Wildman–Crippen LogP) is 1.75. The lowest BCUT2D eigenvalue weighted by molar-refractivity contribution is -0.127. The van der Waals surface area contributed by atoms with Crippen LogP contribution in [0.2, 0.25) is 0 Å². The summed E-state index contributed by atoms with van der Waals surface area (Å²) in [6.07, 6.45) is 4.21. The quantitative estimate of drug-likeness (QED) is 0.341. The van der Waals surface area contributed by atoms with Crippen LogP contribution in [0.25, 0.3) is 0 Å². The number of carbonyl (C=O) groups excluding carboxylic acids is 1. The molecule has 0 spiro atoms. The zero-order chi connectivity index (χ0) is 14.9. The average molecular weight is 287 g/mol. The topological polar surface area (TPSA) is 87.7 Å². The zero-order valence-corrected chi connectivity index (χ0v) is 12.0. The van der Waals surface area contributed by atoms with Gasteiger partial charge in [-0.25, -0.2) is 0 Å². The number of oxime groups is 1. The Bertz CT molecular complexity index is 577. The lowest BCUT2D eigenvalue weighted by Gasteiger charge is -2.32. The summed E-state index contributed by atoms with van der Waals surface area (Å²) >= 11 is 0. The van der Waals surface area contributed by atoms with Crippen molar-refractivity contribution in [3.05, 3.63) is 35.4 Å². The number of nitrogens with one attached hydrogen (secondary N) is 1. The van der Waals surface area contributed by atoms with Crippen LogP contribution in [0.1, 0.15) is 42.7 Å². The molecule has 0 saturated heterocycles. The summed E-state index contributed by atoms with van der Waals surface area (Å²) in [5, 5.41) is 15.1. The predicted molar refractivity (Wildman–Crippen MR) is 80.2 cm³/mol. The number of hydrogen-bond acceptors (Lipinski definition) is 3. The van der Waals surface area contributed by atoms with Gasteiger partial charge in [0.2, 0.25) is 5.91 Å². The molecule has 2 aliphatic rings. The standard InChI is InChI=1S/C16H21N3O2/c17-14(19-21)16(7-3-4-8-16)15(20)18-10-12-9-11-5-1-2-6-13(11)12/h1-2,5-6,12,21H,3-4,7-10H2,(H2,17,19)(H,18,20). The number of nitrogens with two attached hydrogens (primary N) is 1. The van der Waals surface area contributed by atoms with Gasteiger partial charge in [-0.2, -0.15) is 0 Å². The minimum Gasteiger partial charge on any atom is -0.409 e. The Kier molecular flexibility index (Phi) is 3.57. The maximum Gasteiger partial charge on any atom is 0.233 e. The lowest BCUT2D eigenvalue weighted by Crippen LogP contribution is -2.49. The second-order valence-corrected chi connectivity index (χ2v) is 6.08. The molecule has 1 aromatic carbocycles. The number of amides is 1. The molecule has 1 aromatic rings. The molecule has 1 atom stereocenters. The summed E-state index contributed by atoms with van der Waals surface area (Å²) in [5.41, 5.74) is 7.66. The van der Waals surface area contributed by atoms with E-state index in [0.717, 1.165) is 19.3 Å². The molecule has 1 unspecified atom stereocenters. The molecule has 1 fully saturated rings. The number of hydrogen-bond donors (Lipinski definition) is 3. The van der Waals surface area contributed by atoms with Crippen molar-refractivity contribution in [3.63, 3.8) is 0 Å². The first-order chi connectivity index (χ1) is 10.2. The van der Waals surface area contributed by atoms with Crippen LogP contribution in [0.15, 0.2) is 29.4 Å². The Hall–Kier alpha value is -2.04. The fraction of sp³-hybridized carbons (Fsp3) is 0.500. The summed E-state index contributed by atoms with van der Waals surface area (Å²) in [6.45, 7) is 0.621. The Balaban J connectivity index is 1.64. The third kappa shape index (κ3) is 2.26. The minimum atomic E-state index is -0.808. The van der Waals surface area contributed by atoms with Crippen LogP contribution in [-0.4, -0.2) is 23.5 Å². The smallest absolute Gasteiger partial charge is 0.233 e. The molecule has 1 amide bonds. The minimum absolute atomic E-state index is 0.0477. The fourth-order valence-corrected chi connectivity index (χ4v) is 3.60. The summed E-state index contributed by atoms with van der Waals surface area (Å²) in [6, 6.07) is 8.31. The molecule has 0 radical (unpaired) electrons. The van der Waals surface area contributed by atoms with Crippen LogP contribution < -0.4 is 11.1 Å². The van der Waals surface area contributed by atoms with Gasteiger partial charge in [0.15, 0.2) is 5.84 Å². The van der Waals surface area contributed by atoms with Gasteiger partial charge >= 0.3 is 0 Å². The van der Waals surface area contributed by atoms with Crippen molar-refractivity contribution in [1.82, 2.24) is 5.32 Å². The molecule has 1 saturated carbocycles. The molecule has 112 valence electrons. The van der Waals surface area contributed by atoms with Crippen molar-refractivity contribution in [2.45, 2.75) is 38.0 Å². The molecular weight excluding hydrogens is 266 g/mol. The molecule has 0 bridgehead atoms. The fourth-order valence-electron chi connectivity index (χ4n) is 3.60. The van der Waals surface area contributed by atoms with E-state index in [1.54, 1.807) is 0 Å². The van der Waals surface area contributed by atoms with Crippen molar-refractivity contribution in [3.8, 4) is 0 Å². The van der Waals surface area contributed by atoms with Crippen molar-refractivity contribution >= 4 is 11.7 Å². The van der Waals surface area contributed by atoms with E-state index in [0.29, 0.717) is 25.3 Å². The molecule has 5 heteroatoms. The maximum atomic E-state index is 12.5. The van der Waals surface area contributed by atoms with Gasteiger partial charge in [-0.1, -0.05) is 42.3 Å². The van der Waals surface area contributed by atoms with Gasteiger partial charge in [-0.05, 0) is 30.4 Å². The second kappa shape index (κ2) is 5.39. The molecule has 0 heterocycles. The first kappa shape index (κ1) is 13.9. The van der Waals surface area contributed by atoms with Gasteiger partial charge in [0.1, 0.15) is 5.41 Å². The van der Waals surface area contributed by atoms with Gasteiger partial charge < -0.3 is 16.3 Å². The van der Waals surface area contributed by atoms with Crippen LogP contribution in [0.3, 0.4) is 0 Å². The SMILES string of the molecule is NC(=NO)C1(C(=O)NCC2Cc3ccccc32)CCCC1. The first-order valence-corrected chi connectivity index (χ1v) is 7.51. The molecule has 2 aliphatic carbocycles. The van der Waals surface area contributed by atoms with E-state index < -0.39 is 5.41 Å². The lowest BCUT2D eigenvalue weighted by atomic mass is 9.77. The highest BCUT2D eigenvalue weighted by Crippen LogP contribution is 2.39. The van der Waals surface area contributed by atoms with E-state index in [-0.39, 0.29) is 11.7 Å². The van der Waals surface area contributed by atoms with Gasteiger partial charge in [0, 0.05) is 12.5 Å². The largest absolute Gasteiger partial charge is 0.409 e. The summed E-state index contributed by atoms with van der Waals surface area (Å²) in [5.74, 6) is 0.335. The van der Waals surface area contributed by atoms with E-state index >= 15 is 0 Å². The van der Waals surface area contributed by atoms with Crippen molar-refractivity contribution in [2.24, 2.45) is 16.3 Å². The van der Waals surface area contributed by atoms with Gasteiger partial charge in [0.25, 0.3) is 0 Å². The summed E-state index contributed by atoms with van der Waals surface area (Å²) < 4.78 is 0. The highest BCUT2D eigenvalue weighted by molar-refractivity contribution is 6.07. The Morgan fingerprint density at radius 1 is 1.38 bits per heavy atom.